The first-order chi connectivity index (χ1) is 10.7. The molecule has 0 saturated carbocycles. The minimum atomic E-state index is 0.338. The average molecular weight is 304 g/mol. The van der Waals surface area contributed by atoms with E-state index >= 15 is 0 Å². The van der Waals surface area contributed by atoms with Gasteiger partial charge in [0, 0.05) is 17.8 Å². The summed E-state index contributed by atoms with van der Waals surface area (Å²) in [6.07, 6.45) is 11.8. The smallest absolute Gasteiger partial charge is 0.0397 e. The molecule has 1 heteroatoms. The van der Waals surface area contributed by atoms with Gasteiger partial charge in [0.05, 0.1) is 0 Å². The molecule has 0 heterocycles. The van der Waals surface area contributed by atoms with Crippen molar-refractivity contribution in [3.8, 4) is 0 Å². The quantitative estimate of drug-likeness (QED) is 0.383. The second kappa shape index (κ2) is 10.7. The minimum absolute atomic E-state index is 0.338. The van der Waals surface area contributed by atoms with Crippen molar-refractivity contribution >= 4 is 5.69 Å². The Hall–Kier alpha value is -0.980. The maximum atomic E-state index is 2.72. The lowest BCUT2D eigenvalue weighted by atomic mass is 9.84. The molecule has 0 unspecified atom stereocenters. The molecule has 126 valence electrons. The Morgan fingerprint density at radius 2 is 1.41 bits per heavy atom. The summed E-state index contributed by atoms with van der Waals surface area (Å²) >= 11 is 0. The topological polar surface area (TPSA) is 3.24 Å². The molecule has 1 aromatic rings. The lowest BCUT2D eigenvalue weighted by Gasteiger charge is -2.45. The van der Waals surface area contributed by atoms with Crippen LogP contribution in [0.4, 0.5) is 5.69 Å². The van der Waals surface area contributed by atoms with Crippen molar-refractivity contribution < 1.29 is 0 Å². The molecule has 0 aliphatic heterocycles. The molecule has 0 radical (unpaired) electrons. The fourth-order valence-electron chi connectivity index (χ4n) is 3.57. The Labute approximate surface area is 139 Å². The van der Waals surface area contributed by atoms with Gasteiger partial charge < -0.3 is 4.90 Å². The molecule has 0 saturated heterocycles. The largest absolute Gasteiger partial charge is 0.366 e. The van der Waals surface area contributed by atoms with Crippen molar-refractivity contribution in [2.75, 3.05) is 11.4 Å². The van der Waals surface area contributed by atoms with Gasteiger partial charge in [0.2, 0.25) is 0 Å². The van der Waals surface area contributed by atoms with Crippen molar-refractivity contribution in [1.82, 2.24) is 0 Å². The zero-order valence-corrected chi connectivity index (χ0v) is 15.4. The minimum Gasteiger partial charge on any atom is -0.366 e. The molecule has 0 bridgehead atoms. The van der Waals surface area contributed by atoms with E-state index in [1.54, 1.807) is 0 Å². The Balaban J connectivity index is 2.92. The number of para-hydroxylation sites is 1. The number of benzene rings is 1. The summed E-state index contributed by atoms with van der Waals surface area (Å²) in [6.45, 7) is 10.5. The normalized spacial score (nSPS) is 11.6. The van der Waals surface area contributed by atoms with E-state index in [1.165, 1.54) is 70.0 Å². The van der Waals surface area contributed by atoms with Gasteiger partial charge in [-0.2, -0.15) is 0 Å². The van der Waals surface area contributed by atoms with Crippen LogP contribution in [0.3, 0.4) is 0 Å². The van der Waals surface area contributed by atoms with Gasteiger partial charge in [-0.25, -0.2) is 0 Å². The van der Waals surface area contributed by atoms with E-state index in [1.807, 2.05) is 0 Å². The predicted molar refractivity (Wildman–Crippen MR) is 101 cm³/mol. The first kappa shape index (κ1) is 19.1. The van der Waals surface area contributed by atoms with Gasteiger partial charge in [-0.05, 0) is 37.8 Å². The fraction of sp³-hybridized carbons (Fsp3) is 0.714. The van der Waals surface area contributed by atoms with Crippen molar-refractivity contribution in [3.05, 3.63) is 30.3 Å². The van der Waals surface area contributed by atoms with E-state index in [0.717, 1.165) is 0 Å². The Bertz CT molecular complexity index is 367. The van der Waals surface area contributed by atoms with Gasteiger partial charge in [0.25, 0.3) is 0 Å². The Morgan fingerprint density at radius 1 is 0.773 bits per heavy atom. The average Bonchev–Trinajstić information content (AvgIpc) is 2.58. The number of hydrogen-bond donors (Lipinski definition) is 0. The summed E-state index contributed by atoms with van der Waals surface area (Å²) in [7, 11) is 0. The van der Waals surface area contributed by atoms with Crippen LogP contribution < -0.4 is 4.90 Å². The number of nitrogens with zero attached hydrogens (tertiary/aromatic N) is 1. The van der Waals surface area contributed by atoms with Crippen LogP contribution in [0.1, 0.15) is 85.5 Å². The number of unbranched alkanes of at least 4 members (excludes halogenated alkanes) is 4. The zero-order chi connectivity index (χ0) is 16.3. The highest BCUT2D eigenvalue weighted by Gasteiger charge is 2.32. The molecule has 0 atom stereocenters. The van der Waals surface area contributed by atoms with Crippen molar-refractivity contribution in [2.45, 2.75) is 91.0 Å². The number of hydrogen-bond acceptors (Lipinski definition) is 1. The van der Waals surface area contributed by atoms with Crippen LogP contribution in [0.2, 0.25) is 0 Å². The van der Waals surface area contributed by atoms with Crippen LogP contribution in [-0.4, -0.2) is 12.1 Å². The Kier molecular flexibility index (Phi) is 9.27. The van der Waals surface area contributed by atoms with Gasteiger partial charge in [0.15, 0.2) is 0 Å². The monoisotopic (exact) mass is 303 g/mol. The molecule has 0 amide bonds. The molecule has 0 N–H and O–H groups in total. The summed E-state index contributed by atoms with van der Waals surface area (Å²) in [5.74, 6) is 0. The predicted octanol–water partition coefficient (Wildman–Crippen LogP) is 6.82. The summed E-state index contributed by atoms with van der Waals surface area (Å²) < 4.78 is 0. The van der Waals surface area contributed by atoms with Crippen molar-refractivity contribution in [2.24, 2.45) is 0 Å². The van der Waals surface area contributed by atoms with E-state index in [4.69, 9.17) is 0 Å². The maximum Gasteiger partial charge on any atom is 0.0397 e. The second-order valence-electron chi connectivity index (χ2n) is 6.58. The van der Waals surface area contributed by atoms with Gasteiger partial charge in [-0.15, -0.1) is 0 Å². The summed E-state index contributed by atoms with van der Waals surface area (Å²) in [5.41, 5.74) is 1.75. The van der Waals surface area contributed by atoms with Gasteiger partial charge in [-0.1, -0.05) is 78.0 Å². The van der Waals surface area contributed by atoms with Crippen molar-refractivity contribution in [1.29, 1.82) is 0 Å². The SMILES string of the molecule is CCCCCCC(CC)(CC)N(CCCC)c1ccccc1. The van der Waals surface area contributed by atoms with Crippen LogP contribution in [0.15, 0.2) is 30.3 Å². The second-order valence-corrected chi connectivity index (χ2v) is 6.58. The van der Waals surface area contributed by atoms with Crippen LogP contribution in [0, 0.1) is 0 Å². The fourth-order valence-corrected chi connectivity index (χ4v) is 3.57. The maximum absolute atomic E-state index is 2.72. The molecular weight excluding hydrogens is 266 g/mol. The molecule has 1 rings (SSSR count). The van der Waals surface area contributed by atoms with E-state index in [0.29, 0.717) is 5.54 Å². The van der Waals surface area contributed by atoms with Crippen LogP contribution in [-0.2, 0) is 0 Å². The third-order valence-electron chi connectivity index (χ3n) is 5.19. The first-order valence-corrected chi connectivity index (χ1v) is 9.56. The van der Waals surface area contributed by atoms with Crippen LogP contribution >= 0.6 is 0 Å². The molecule has 1 aromatic carbocycles. The third-order valence-corrected chi connectivity index (χ3v) is 5.19. The van der Waals surface area contributed by atoms with E-state index in [-0.39, 0.29) is 0 Å². The van der Waals surface area contributed by atoms with Gasteiger partial charge in [0.1, 0.15) is 0 Å². The van der Waals surface area contributed by atoms with Crippen LogP contribution in [0.5, 0.6) is 0 Å². The lowest BCUT2D eigenvalue weighted by molar-refractivity contribution is 0.318. The Morgan fingerprint density at radius 3 is 1.95 bits per heavy atom. The van der Waals surface area contributed by atoms with Crippen LogP contribution in [0.25, 0.3) is 0 Å². The lowest BCUT2D eigenvalue weighted by Crippen LogP contribution is -2.49. The molecule has 0 fully saturated rings. The molecule has 1 nitrogen and oxygen atoms in total. The summed E-state index contributed by atoms with van der Waals surface area (Å²) in [5, 5.41) is 0. The van der Waals surface area contributed by atoms with E-state index < -0.39 is 0 Å². The number of anilines is 1. The van der Waals surface area contributed by atoms with Gasteiger partial charge in [-0.3, -0.25) is 0 Å². The molecule has 0 aliphatic rings. The van der Waals surface area contributed by atoms with Gasteiger partial charge >= 0.3 is 0 Å². The third kappa shape index (κ3) is 5.34. The molecule has 22 heavy (non-hydrogen) atoms. The summed E-state index contributed by atoms with van der Waals surface area (Å²) in [4.78, 5) is 2.72. The molecule has 0 spiro atoms. The standard InChI is InChI=1S/C21H37N/c1-5-9-11-15-18-21(7-3,8-4)22(19-10-6-2)20-16-13-12-14-17-20/h12-14,16-17H,5-11,15,18-19H2,1-4H3. The van der Waals surface area contributed by atoms with Crippen molar-refractivity contribution in [3.63, 3.8) is 0 Å². The molecule has 0 aromatic heterocycles. The highest BCUT2D eigenvalue weighted by molar-refractivity contribution is 5.49. The highest BCUT2D eigenvalue weighted by Crippen LogP contribution is 2.34. The van der Waals surface area contributed by atoms with E-state index in [9.17, 15) is 0 Å². The first-order valence-electron chi connectivity index (χ1n) is 9.56. The molecular formula is C21H37N. The van der Waals surface area contributed by atoms with E-state index in [2.05, 4.69) is 62.9 Å². The summed E-state index contributed by atoms with van der Waals surface area (Å²) in [6, 6.07) is 11.1. The highest BCUT2D eigenvalue weighted by atomic mass is 15.2. The number of rotatable bonds is 12. The zero-order valence-electron chi connectivity index (χ0n) is 15.4. The molecule has 0 aliphatic carbocycles.